The average molecular weight is 740 g/mol. The zero-order valence-corrected chi connectivity index (χ0v) is 27.6. The Morgan fingerprint density at radius 3 is 2.16 bits per heavy atom. The van der Waals surface area contributed by atoms with Gasteiger partial charge in [0.1, 0.15) is 17.6 Å². The minimum atomic E-state index is -4.89. The van der Waals surface area contributed by atoms with E-state index in [0.29, 0.717) is 36.2 Å². The van der Waals surface area contributed by atoms with Gasteiger partial charge in [0.2, 0.25) is 0 Å². The van der Waals surface area contributed by atoms with E-state index in [2.05, 4.69) is 15.0 Å². The Morgan fingerprint density at radius 2 is 1.61 bits per heavy atom. The van der Waals surface area contributed by atoms with E-state index < -0.39 is 41.8 Å². The predicted molar refractivity (Wildman–Crippen MR) is 174 cm³/mol. The molecule has 0 unspecified atom stereocenters. The molecule has 9 nitrogen and oxygen atoms in total. The molecular weight excluding hydrogens is 705 g/mol. The number of benzene rings is 2. The van der Waals surface area contributed by atoms with Crippen molar-refractivity contribution in [2.45, 2.75) is 56.4 Å². The number of carbonyl (C=O) groups excluding carboxylic acids is 1. The molecule has 5 rings (SSSR count). The van der Waals surface area contributed by atoms with Crippen molar-refractivity contribution in [1.82, 2.24) is 9.88 Å². The van der Waals surface area contributed by atoms with E-state index in [9.17, 15) is 41.0 Å². The minimum absolute atomic E-state index is 0. The molecule has 2 aliphatic heterocycles. The summed E-state index contributed by atoms with van der Waals surface area (Å²) >= 11 is 0. The molecule has 2 N–H and O–H groups in total. The molecule has 268 valence electrons. The molecule has 1 atom stereocenters. The van der Waals surface area contributed by atoms with Gasteiger partial charge in [0.25, 0.3) is 5.91 Å². The third kappa shape index (κ3) is 9.47. The number of rotatable bonds is 9. The van der Waals surface area contributed by atoms with Gasteiger partial charge in [-0.1, -0.05) is 12.1 Å². The zero-order valence-electron chi connectivity index (χ0n) is 26.0. The van der Waals surface area contributed by atoms with E-state index in [4.69, 9.17) is 4.74 Å². The Balaban J connectivity index is 0.00000325. The Labute approximate surface area is 290 Å². The van der Waals surface area contributed by atoms with Crippen LogP contribution in [-0.2, 0) is 16.1 Å². The van der Waals surface area contributed by atoms with Crippen LogP contribution >= 0.6 is 24.8 Å². The summed E-state index contributed by atoms with van der Waals surface area (Å²) in [5.74, 6) is -1.90. The number of hydrogen-bond acceptors (Lipinski definition) is 7. The Morgan fingerprint density at radius 1 is 0.980 bits per heavy atom. The van der Waals surface area contributed by atoms with Gasteiger partial charge in [0, 0.05) is 62.6 Å². The second kappa shape index (κ2) is 15.8. The molecule has 2 fully saturated rings. The van der Waals surface area contributed by atoms with E-state index in [0.717, 1.165) is 17.8 Å². The lowest BCUT2D eigenvalue weighted by Gasteiger charge is -2.38. The molecule has 3 heterocycles. The number of methoxy groups -OCH3 is 1. The van der Waals surface area contributed by atoms with Crippen LogP contribution in [0.5, 0.6) is 5.75 Å². The molecule has 2 aromatic carbocycles. The number of nitrogens with zero attached hydrogens (tertiary/aromatic N) is 3. The summed E-state index contributed by atoms with van der Waals surface area (Å²) in [4.78, 5) is 32.3. The summed E-state index contributed by atoms with van der Waals surface area (Å²) in [6.45, 7) is 0.935. The van der Waals surface area contributed by atoms with Crippen molar-refractivity contribution in [3.05, 3.63) is 71.9 Å². The van der Waals surface area contributed by atoms with Crippen molar-refractivity contribution < 1.29 is 50.5 Å². The number of amides is 1. The fourth-order valence-corrected chi connectivity index (χ4v) is 6.04. The molecule has 0 saturated carbocycles. The third-order valence-electron chi connectivity index (χ3n) is 8.59. The minimum Gasteiger partial charge on any atom is -0.479 e. The van der Waals surface area contributed by atoms with E-state index in [1.807, 2.05) is 4.90 Å². The number of halogens is 8. The first-order valence-electron chi connectivity index (χ1n) is 14.8. The number of ether oxygens (including phenoxy) is 2. The maximum absolute atomic E-state index is 13.7. The van der Waals surface area contributed by atoms with E-state index in [-0.39, 0.29) is 68.5 Å². The number of aliphatic carboxylic acids is 1. The number of aromatic nitrogens is 1. The SMILES string of the molecule is COC1(C(=O)O)CCN(c2ccc(C(=O)Nc3cc(CN4CCC[C@H]4C(F)(F)F)c(-c4ccc(OC(F)(F)F)cc4)cn3)cc2)CC1.Cl.Cl. The van der Waals surface area contributed by atoms with Crippen molar-refractivity contribution in [3.63, 3.8) is 0 Å². The molecule has 49 heavy (non-hydrogen) atoms. The first-order chi connectivity index (χ1) is 22.2. The van der Waals surface area contributed by atoms with Crippen LogP contribution in [0.4, 0.5) is 37.8 Å². The van der Waals surface area contributed by atoms with E-state index >= 15 is 0 Å². The van der Waals surface area contributed by atoms with Gasteiger partial charge in [-0.05, 0) is 73.0 Å². The smallest absolute Gasteiger partial charge is 0.479 e. The number of carbonyl (C=O) groups is 2. The number of carboxylic acids is 1. The van der Waals surface area contributed by atoms with Crippen molar-refractivity contribution >= 4 is 48.2 Å². The fraction of sp³-hybridized carbons (Fsp3) is 0.406. The topological polar surface area (TPSA) is 104 Å². The van der Waals surface area contributed by atoms with Gasteiger partial charge in [0.05, 0.1) is 0 Å². The number of likely N-dealkylation sites (tertiary alicyclic amines) is 1. The van der Waals surface area contributed by atoms with Gasteiger partial charge in [-0.3, -0.25) is 9.69 Å². The van der Waals surface area contributed by atoms with Crippen LogP contribution in [0.2, 0.25) is 0 Å². The van der Waals surface area contributed by atoms with Crippen LogP contribution in [0.1, 0.15) is 41.6 Å². The highest BCUT2D eigenvalue weighted by Crippen LogP contribution is 2.36. The third-order valence-corrected chi connectivity index (χ3v) is 8.59. The van der Waals surface area contributed by atoms with Crippen molar-refractivity contribution in [2.75, 3.05) is 37.0 Å². The Kier molecular flexibility index (Phi) is 12.8. The summed E-state index contributed by atoms with van der Waals surface area (Å²) in [5, 5.41) is 12.2. The molecule has 0 aliphatic carbocycles. The summed E-state index contributed by atoms with van der Waals surface area (Å²) in [6, 6.07) is 11.4. The summed E-state index contributed by atoms with van der Waals surface area (Å²) in [5.41, 5.74) is 1.03. The van der Waals surface area contributed by atoms with Gasteiger partial charge < -0.3 is 24.8 Å². The van der Waals surface area contributed by atoms with Gasteiger partial charge in [-0.25, -0.2) is 9.78 Å². The van der Waals surface area contributed by atoms with Crippen LogP contribution in [0, 0.1) is 0 Å². The van der Waals surface area contributed by atoms with E-state index in [1.165, 1.54) is 36.4 Å². The first-order valence-corrected chi connectivity index (χ1v) is 14.8. The van der Waals surface area contributed by atoms with Crippen LogP contribution in [-0.4, -0.2) is 77.8 Å². The highest BCUT2D eigenvalue weighted by Gasteiger charge is 2.46. The lowest BCUT2D eigenvalue weighted by molar-refractivity contribution is -0.274. The summed E-state index contributed by atoms with van der Waals surface area (Å²) < 4.78 is 88.3. The average Bonchev–Trinajstić information content (AvgIpc) is 3.50. The highest BCUT2D eigenvalue weighted by atomic mass is 35.5. The van der Waals surface area contributed by atoms with Crippen molar-refractivity contribution in [3.8, 4) is 16.9 Å². The van der Waals surface area contributed by atoms with Gasteiger partial charge in [-0.15, -0.1) is 38.0 Å². The molecule has 3 aromatic rings. The van der Waals surface area contributed by atoms with E-state index in [1.54, 1.807) is 24.3 Å². The number of anilines is 2. The predicted octanol–water partition coefficient (Wildman–Crippen LogP) is 7.34. The number of carboxylic acid groups (broad SMARTS) is 1. The first kappa shape index (κ1) is 39.6. The number of piperidine rings is 1. The molecule has 1 amide bonds. The fourth-order valence-electron chi connectivity index (χ4n) is 6.04. The number of nitrogens with one attached hydrogen (secondary N) is 1. The molecule has 2 saturated heterocycles. The number of hydrogen-bond donors (Lipinski definition) is 2. The van der Waals surface area contributed by atoms with Crippen molar-refractivity contribution in [1.29, 1.82) is 0 Å². The second-order valence-corrected chi connectivity index (χ2v) is 11.5. The number of pyridine rings is 1. The number of alkyl halides is 6. The van der Waals surface area contributed by atoms with Crippen LogP contribution < -0.4 is 15.0 Å². The molecule has 2 aliphatic rings. The zero-order chi connectivity index (χ0) is 34.0. The van der Waals surface area contributed by atoms with Gasteiger partial charge in [-0.2, -0.15) is 13.2 Å². The molecule has 17 heteroatoms. The Bertz CT molecular complexity index is 1580. The molecule has 0 spiro atoms. The van der Waals surface area contributed by atoms with Gasteiger partial charge in [0.15, 0.2) is 5.60 Å². The van der Waals surface area contributed by atoms with Crippen molar-refractivity contribution in [2.24, 2.45) is 0 Å². The highest BCUT2D eigenvalue weighted by molar-refractivity contribution is 6.04. The lowest BCUT2D eigenvalue weighted by Crippen LogP contribution is -2.50. The molecule has 1 aromatic heterocycles. The Hall–Kier alpha value is -3.79. The maximum Gasteiger partial charge on any atom is 0.573 e. The quantitative estimate of drug-likeness (QED) is 0.220. The molecule has 0 bridgehead atoms. The van der Waals surface area contributed by atoms with Crippen LogP contribution in [0.25, 0.3) is 11.1 Å². The second-order valence-electron chi connectivity index (χ2n) is 11.5. The largest absolute Gasteiger partial charge is 0.573 e. The maximum atomic E-state index is 13.7. The van der Waals surface area contributed by atoms with Crippen LogP contribution in [0.3, 0.4) is 0 Å². The molecule has 0 radical (unpaired) electrons. The lowest BCUT2D eigenvalue weighted by atomic mass is 9.91. The molecular formula is C32H34Cl2F6N4O5. The normalized spacial score (nSPS) is 17.9. The van der Waals surface area contributed by atoms with Crippen LogP contribution in [0.15, 0.2) is 60.8 Å². The van der Waals surface area contributed by atoms with Gasteiger partial charge >= 0.3 is 18.5 Å². The monoisotopic (exact) mass is 738 g/mol. The standard InChI is InChI=1S/C32H32F6N4O5.2ClH/c1-46-30(29(44)45)12-15-41(16-13-30)23-8-4-21(5-9-23)28(43)40-27-17-22(19-42-14-2-3-26(42)31(33,34)35)25(18-39-27)20-6-10-24(11-7-20)47-32(36,37)38;;/h4-11,17-18,26H,2-3,12-16,19H2,1H3,(H,44,45)(H,39,40,43);2*1H/t26-;;/m0../s1. The summed E-state index contributed by atoms with van der Waals surface area (Å²) in [7, 11) is 1.38. The summed E-state index contributed by atoms with van der Waals surface area (Å²) in [6.07, 6.45) is -7.10.